The number of methoxy groups -OCH3 is 1. The first-order valence-electron chi connectivity index (χ1n) is 3.47. The summed E-state index contributed by atoms with van der Waals surface area (Å²) in [5, 5.41) is 0. The van der Waals surface area contributed by atoms with E-state index in [1.165, 1.54) is 25.7 Å². The van der Waals surface area contributed by atoms with Crippen molar-refractivity contribution in [3.63, 3.8) is 0 Å². The van der Waals surface area contributed by atoms with Crippen LogP contribution in [0.15, 0.2) is 0 Å². The van der Waals surface area contributed by atoms with Crippen molar-refractivity contribution in [3.8, 4) is 0 Å². The lowest BCUT2D eigenvalue weighted by molar-refractivity contribution is 0.277. The third-order valence-corrected chi connectivity index (χ3v) is 1.40. The second-order valence-electron chi connectivity index (χ2n) is 2.45. The van der Waals surface area contributed by atoms with Crippen molar-refractivity contribution >= 4 is 0 Å². The molecular formula is C7H17NO. The van der Waals surface area contributed by atoms with E-state index in [4.69, 9.17) is 5.73 Å². The Balaban J connectivity index is 0.000000187. The Morgan fingerprint density at radius 3 is 1.67 bits per heavy atom. The van der Waals surface area contributed by atoms with Gasteiger partial charge in [0.25, 0.3) is 0 Å². The van der Waals surface area contributed by atoms with E-state index in [0.29, 0.717) is 6.04 Å². The number of nitrogens with two attached hydrogens (primary N) is 1. The summed E-state index contributed by atoms with van der Waals surface area (Å²) >= 11 is 0. The van der Waals surface area contributed by atoms with E-state index in [1.54, 1.807) is 14.2 Å². The number of hydrogen-bond acceptors (Lipinski definition) is 2. The highest BCUT2D eigenvalue weighted by molar-refractivity contribution is 4.67. The van der Waals surface area contributed by atoms with Gasteiger partial charge in [-0.05, 0) is 12.8 Å². The first-order chi connectivity index (χ1) is 4.31. The number of rotatable bonds is 0. The molecule has 0 amide bonds. The van der Waals surface area contributed by atoms with Gasteiger partial charge in [-0.2, -0.15) is 0 Å². The van der Waals surface area contributed by atoms with Crippen LogP contribution >= 0.6 is 0 Å². The summed E-state index contributed by atoms with van der Waals surface area (Å²) in [7, 11) is 3.25. The SMILES string of the molecule is COC.NC1CCCC1. The Kier molecular flexibility index (Phi) is 5.99. The molecule has 0 atom stereocenters. The zero-order valence-electron chi connectivity index (χ0n) is 6.39. The van der Waals surface area contributed by atoms with E-state index < -0.39 is 0 Å². The lowest BCUT2D eigenvalue weighted by atomic mass is 10.3. The Labute approximate surface area is 57.4 Å². The predicted octanol–water partition coefficient (Wildman–Crippen LogP) is 1.15. The maximum atomic E-state index is 5.53. The van der Waals surface area contributed by atoms with Gasteiger partial charge >= 0.3 is 0 Å². The molecule has 2 N–H and O–H groups in total. The van der Waals surface area contributed by atoms with Crippen LogP contribution in [0.5, 0.6) is 0 Å². The van der Waals surface area contributed by atoms with Gasteiger partial charge in [0.05, 0.1) is 0 Å². The van der Waals surface area contributed by atoms with Crippen LogP contribution in [0.2, 0.25) is 0 Å². The smallest absolute Gasteiger partial charge is 0.0351 e. The summed E-state index contributed by atoms with van der Waals surface area (Å²) in [6.45, 7) is 0. The standard InChI is InChI=1S/C5H11N.C2H6O/c6-5-3-1-2-4-5;1-3-2/h5H,1-4,6H2;1-2H3. The summed E-state index contributed by atoms with van der Waals surface area (Å²) in [6.07, 6.45) is 5.25. The molecule has 0 radical (unpaired) electrons. The molecule has 1 rings (SSSR count). The molecule has 0 aromatic heterocycles. The Hall–Kier alpha value is -0.0800. The van der Waals surface area contributed by atoms with E-state index in [-0.39, 0.29) is 0 Å². The van der Waals surface area contributed by atoms with E-state index in [0.717, 1.165) is 0 Å². The second-order valence-corrected chi connectivity index (χ2v) is 2.45. The Morgan fingerprint density at radius 1 is 1.22 bits per heavy atom. The van der Waals surface area contributed by atoms with Crippen molar-refractivity contribution in [2.75, 3.05) is 14.2 Å². The van der Waals surface area contributed by atoms with Crippen molar-refractivity contribution in [2.24, 2.45) is 5.73 Å². The van der Waals surface area contributed by atoms with Crippen molar-refractivity contribution < 1.29 is 4.74 Å². The molecule has 2 nitrogen and oxygen atoms in total. The molecular weight excluding hydrogens is 114 g/mol. The molecule has 1 aliphatic rings. The van der Waals surface area contributed by atoms with Gasteiger partial charge in [0.1, 0.15) is 0 Å². The minimum Gasteiger partial charge on any atom is -0.388 e. The van der Waals surface area contributed by atoms with Gasteiger partial charge in [-0.15, -0.1) is 0 Å². The molecule has 0 bridgehead atoms. The summed E-state index contributed by atoms with van der Waals surface area (Å²) in [4.78, 5) is 0. The minimum atomic E-state index is 0.546. The zero-order chi connectivity index (χ0) is 7.11. The number of hydrogen-bond donors (Lipinski definition) is 1. The molecule has 2 heteroatoms. The van der Waals surface area contributed by atoms with Crippen LogP contribution < -0.4 is 5.73 Å². The molecule has 0 heterocycles. The monoisotopic (exact) mass is 131 g/mol. The normalized spacial score (nSPS) is 19.0. The Morgan fingerprint density at radius 2 is 1.56 bits per heavy atom. The van der Waals surface area contributed by atoms with Gasteiger partial charge in [-0.3, -0.25) is 0 Å². The molecule has 0 aliphatic heterocycles. The summed E-state index contributed by atoms with van der Waals surface area (Å²) in [5.41, 5.74) is 5.53. The largest absolute Gasteiger partial charge is 0.388 e. The fourth-order valence-corrected chi connectivity index (χ4v) is 0.957. The van der Waals surface area contributed by atoms with Gasteiger partial charge in [0.15, 0.2) is 0 Å². The van der Waals surface area contributed by atoms with Crippen LogP contribution in [0.25, 0.3) is 0 Å². The highest BCUT2D eigenvalue weighted by atomic mass is 16.4. The molecule has 0 spiro atoms. The predicted molar refractivity (Wildman–Crippen MR) is 39.4 cm³/mol. The minimum absolute atomic E-state index is 0.546. The van der Waals surface area contributed by atoms with Crippen LogP contribution in [0.1, 0.15) is 25.7 Å². The van der Waals surface area contributed by atoms with E-state index in [1.807, 2.05) is 0 Å². The van der Waals surface area contributed by atoms with Crippen LogP contribution in [0.3, 0.4) is 0 Å². The zero-order valence-corrected chi connectivity index (χ0v) is 6.39. The van der Waals surface area contributed by atoms with E-state index in [2.05, 4.69) is 4.74 Å². The molecule has 0 aromatic carbocycles. The van der Waals surface area contributed by atoms with E-state index in [9.17, 15) is 0 Å². The quantitative estimate of drug-likeness (QED) is 0.535. The molecule has 1 saturated carbocycles. The van der Waals surface area contributed by atoms with Crippen LogP contribution in [0.4, 0.5) is 0 Å². The molecule has 0 aromatic rings. The third kappa shape index (κ3) is 5.80. The maximum absolute atomic E-state index is 5.53. The number of ether oxygens (including phenoxy) is 1. The first kappa shape index (κ1) is 8.92. The van der Waals surface area contributed by atoms with Gasteiger partial charge in [-0.1, -0.05) is 12.8 Å². The van der Waals surface area contributed by atoms with Crippen LogP contribution in [0, 0.1) is 0 Å². The lowest BCUT2D eigenvalue weighted by Gasteiger charge is -1.92. The van der Waals surface area contributed by atoms with Gasteiger partial charge in [-0.25, -0.2) is 0 Å². The van der Waals surface area contributed by atoms with Crippen LogP contribution in [-0.4, -0.2) is 20.3 Å². The average Bonchev–Trinajstić information content (AvgIpc) is 2.20. The summed E-state index contributed by atoms with van der Waals surface area (Å²) in [6, 6.07) is 0.546. The summed E-state index contributed by atoms with van der Waals surface area (Å²) < 4.78 is 4.25. The first-order valence-corrected chi connectivity index (χ1v) is 3.47. The van der Waals surface area contributed by atoms with Gasteiger partial charge in [0, 0.05) is 20.3 Å². The van der Waals surface area contributed by atoms with Gasteiger partial charge in [0.2, 0.25) is 0 Å². The Bertz CT molecular complexity index is 50.9. The topological polar surface area (TPSA) is 35.2 Å². The average molecular weight is 131 g/mol. The summed E-state index contributed by atoms with van der Waals surface area (Å²) in [5.74, 6) is 0. The molecule has 9 heavy (non-hydrogen) atoms. The highest BCUT2D eigenvalue weighted by Gasteiger charge is 2.07. The van der Waals surface area contributed by atoms with Crippen molar-refractivity contribution in [3.05, 3.63) is 0 Å². The van der Waals surface area contributed by atoms with Crippen molar-refractivity contribution in [2.45, 2.75) is 31.7 Å². The van der Waals surface area contributed by atoms with Crippen molar-refractivity contribution in [1.29, 1.82) is 0 Å². The molecule has 0 saturated heterocycles. The fourth-order valence-electron chi connectivity index (χ4n) is 0.957. The second kappa shape index (κ2) is 6.05. The van der Waals surface area contributed by atoms with Gasteiger partial charge < -0.3 is 10.5 Å². The molecule has 56 valence electrons. The molecule has 0 unspecified atom stereocenters. The fraction of sp³-hybridized carbons (Fsp3) is 1.00. The molecule has 1 aliphatic carbocycles. The van der Waals surface area contributed by atoms with Crippen LogP contribution in [-0.2, 0) is 4.74 Å². The maximum Gasteiger partial charge on any atom is 0.0351 e. The van der Waals surface area contributed by atoms with E-state index >= 15 is 0 Å². The molecule has 1 fully saturated rings. The van der Waals surface area contributed by atoms with Crippen molar-refractivity contribution in [1.82, 2.24) is 0 Å². The highest BCUT2D eigenvalue weighted by Crippen LogP contribution is 2.14. The lowest BCUT2D eigenvalue weighted by Crippen LogP contribution is -2.13. The third-order valence-electron chi connectivity index (χ3n) is 1.40.